The highest BCUT2D eigenvalue weighted by atomic mass is 35.5. The average Bonchev–Trinajstić information content (AvgIpc) is 2.91. The van der Waals surface area contributed by atoms with Gasteiger partial charge in [0, 0.05) is 10.7 Å². The summed E-state index contributed by atoms with van der Waals surface area (Å²) in [6.45, 7) is 6.76. The van der Waals surface area contributed by atoms with Crippen molar-refractivity contribution in [1.29, 1.82) is 0 Å². The first-order chi connectivity index (χ1) is 19.3. The van der Waals surface area contributed by atoms with Crippen molar-refractivity contribution < 1.29 is 21.6 Å². The lowest BCUT2D eigenvalue weighted by Gasteiger charge is -2.26. The monoisotopic (exact) mass is 611 g/mol. The molecule has 0 bridgehead atoms. The molecule has 0 aliphatic carbocycles. The number of hydrogen-bond acceptors (Lipinski definition) is 5. The smallest absolute Gasteiger partial charge is 0.264 e. The van der Waals surface area contributed by atoms with Crippen molar-refractivity contribution in [3.63, 3.8) is 0 Å². The van der Waals surface area contributed by atoms with Crippen LogP contribution in [-0.2, 0) is 24.8 Å². The second-order valence-corrected chi connectivity index (χ2v) is 13.7. The molecular formula is C30H30ClN3O5S2. The Morgan fingerprint density at radius 1 is 0.780 bits per heavy atom. The largest absolute Gasteiger partial charge is 0.325 e. The van der Waals surface area contributed by atoms with E-state index in [1.807, 2.05) is 19.9 Å². The second kappa shape index (κ2) is 11.9. The maximum atomic E-state index is 13.7. The summed E-state index contributed by atoms with van der Waals surface area (Å²) in [7, 11) is -8.00. The molecule has 0 saturated heterocycles. The van der Waals surface area contributed by atoms with Gasteiger partial charge in [-0.15, -0.1) is 0 Å². The van der Waals surface area contributed by atoms with Crippen LogP contribution >= 0.6 is 11.6 Å². The molecule has 0 fully saturated rings. The molecule has 11 heteroatoms. The van der Waals surface area contributed by atoms with E-state index < -0.39 is 32.5 Å². The highest BCUT2D eigenvalue weighted by molar-refractivity contribution is 7.93. The summed E-state index contributed by atoms with van der Waals surface area (Å²) in [5.41, 5.74) is 4.20. The lowest BCUT2D eigenvalue weighted by atomic mass is 10.1. The van der Waals surface area contributed by atoms with Crippen LogP contribution in [0.3, 0.4) is 0 Å². The van der Waals surface area contributed by atoms with Crippen LogP contribution in [0.1, 0.15) is 22.3 Å². The zero-order valence-electron chi connectivity index (χ0n) is 23.0. The van der Waals surface area contributed by atoms with Crippen LogP contribution < -0.4 is 14.3 Å². The molecule has 0 aliphatic heterocycles. The van der Waals surface area contributed by atoms with Crippen molar-refractivity contribution in [2.75, 3.05) is 20.9 Å². The van der Waals surface area contributed by atoms with Crippen LogP contribution in [0.25, 0.3) is 0 Å². The van der Waals surface area contributed by atoms with Crippen molar-refractivity contribution >= 4 is 54.6 Å². The van der Waals surface area contributed by atoms with Crippen LogP contribution in [0.2, 0.25) is 5.02 Å². The molecule has 0 aliphatic rings. The van der Waals surface area contributed by atoms with E-state index in [9.17, 15) is 21.6 Å². The summed E-state index contributed by atoms with van der Waals surface area (Å²) < 4.78 is 56.8. The maximum absolute atomic E-state index is 13.7. The highest BCUT2D eigenvalue weighted by Crippen LogP contribution is 2.29. The number of carbonyl (C=O) groups is 1. The van der Waals surface area contributed by atoms with E-state index in [1.165, 1.54) is 36.4 Å². The van der Waals surface area contributed by atoms with Gasteiger partial charge in [-0.3, -0.25) is 13.8 Å². The number of hydrogen-bond donors (Lipinski definition) is 2. The summed E-state index contributed by atoms with van der Waals surface area (Å²) in [5.74, 6) is -0.594. The zero-order valence-corrected chi connectivity index (χ0v) is 25.4. The quantitative estimate of drug-likeness (QED) is 0.234. The number of halogens is 1. The number of carbonyl (C=O) groups excluding carboxylic acids is 1. The Balaban J connectivity index is 1.56. The van der Waals surface area contributed by atoms with Crippen molar-refractivity contribution in [1.82, 2.24) is 0 Å². The van der Waals surface area contributed by atoms with Gasteiger partial charge in [-0.05, 0) is 93.4 Å². The molecule has 0 aromatic heterocycles. The number of sulfonamides is 2. The lowest BCUT2D eigenvalue weighted by Crippen LogP contribution is -2.38. The fraction of sp³-hybridized carbons (Fsp3) is 0.167. The zero-order chi connectivity index (χ0) is 29.9. The predicted octanol–water partition coefficient (Wildman–Crippen LogP) is 6.21. The Bertz CT molecular complexity index is 1810. The summed E-state index contributed by atoms with van der Waals surface area (Å²) in [5, 5.41) is 3.11. The molecule has 0 radical (unpaired) electrons. The molecule has 4 rings (SSSR count). The third-order valence-electron chi connectivity index (χ3n) is 6.48. The van der Waals surface area contributed by atoms with Crippen molar-refractivity contribution in [3.8, 4) is 0 Å². The van der Waals surface area contributed by atoms with Gasteiger partial charge in [-0.2, -0.15) is 0 Å². The fourth-order valence-electron chi connectivity index (χ4n) is 4.19. The van der Waals surface area contributed by atoms with Crippen LogP contribution in [0.5, 0.6) is 0 Å². The van der Waals surface area contributed by atoms with Gasteiger partial charge in [0.25, 0.3) is 20.0 Å². The van der Waals surface area contributed by atoms with Gasteiger partial charge >= 0.3 is 0 Å². The maximum Gasteiger partial charge on any atom is 0.264 e. The molecule has 4 aromatic carbocycles. The first-order valence-electron chi connectivity index (χ1n) is 12.6. The van der Waals surface area contributed by atoms with Crippen molar-refractivity contribution in [2.24, 2.45) is 0 Å². The average molecular weight is 612 g/mol. The minimum absolute atomic E-state index is 0.0197. The Morgan fingerprint density at radius 3 is 2.02 bits per heavy atom. The van der Waals surface area contributed by atoms with E-state index in [0.717, 1.165) is 15.4 Å². The van der Waals surface area contributed by atoms with E-state index in [4.69, 9.17) is 11.6 Å². The number of aryl methyl sites for hydroxylation is 3. The molecule has 1 amide bonds. The third kappa shape index (κ3) is 6.90. The first kappa shape index (κ1) is 30.1. The minimum Gasteiger partial charge on any atom is -0.325 e. The Morgan fingerprint density at radius 2 is 1.39 bits per heavy atom. The first-order valence-corrected chi connectivity index (χ1v) is 15.9. The van der Waals surface area contributed by atoms with Gasteiger partial charge in [-0.25, -0.2) is 16.8 Å². The molecule has 0 spiro atoms. The normalized spacial score (nSPS) is 11.6. The number of anilines is 3. The van der Waals surface area contributed by atoms with E-state index in [1.54, 1.807) is 56.3 Å². The Hall–Kier alpha value is -3.86. The van der Waals surface area contributed by atoms with E-state index in [2.05, 4.69) is 10.0 Å². The molecule has 0 heterocycles. The number of amides is 1. The SMILES string of the molecule is Cc1ccc(S(=O)(=O)N(CC(=O)Nc2ccc(S(=O)(=O)Nc3cccc(Cl)c3C)cc2)c2ccc(C)cc2C)cc1. The van der Waals surface area contributed by atoms with Gasteiger partial charge in [0.1, 0.15) is 6.54 Å². The van der Waals surface area contributed by atoms with Crippen molar-refractivity contribution in [2.45, 2.75) is 37.5 Å². The van der Waals surface area contributed by atoms with Crippen LogP contribution in [0.4, 0.5) is 17.1 Å². The molecule has 0 atom stereocenters. The number of nitrogens with one attached hydrogen (secondary N) is 2. The standard InChI is InChI=1S/C30H30ClN3O5S2/c1-20-8-13-26(14-9-20)41(38,39)34(29-17-10-21(2)18-22(29)3)19-30(35)32-24-11-15-25(16-12-24)40(36,37)33-28-7-5-6-27(31)23(28)4/h5-18,33H,19H2,1-4H3,(H,32,35). The number of benzene rings is 4. The van der Waals surface area contributed by atoms with Crippen LogP contribution in [0.15, 0.2) is 94.7 Å². The predicted molar refractivity (Wildman–Crippen MR) is 164 cm³/mol. The Kier molecular flexibility index (Phi) is 8.77. The summed E-state index contributed by atoms with van der Waals surface area (Å²) in [4.78, 5) is 13.2. The van der Waals surface area contributed by atoms with Gasteiger partial charge in [0.05, 0.1) is 21.2 Å². The second-order valence-electron chi connectivity index (χ2n) is 9.71. The van der Waals surface area contributed by atoms with E-state index in [-0.39, 0.29) is 9.79 Å². The molecule has 41 heavy (non-hydrogen) atoms. The highest BCUT2D eigenvalue weighted by Gasteiger charge is 2.28. The topological polar surface area (TPSA) is 113 Å². The molecule has 2 N–H and O–H groups in total. The summed E-state index contributed by atoms with van der Waals surface area (Å²) in [6, 6.07) is 22.2. The van der Waals surface area contributed by atoms with Crippen LogP contribution in [-0.4, -0.2) is 29.3 Å². The summed E-state index contributed by atoms with van der Waals surface area (Å²) >= 11 is 6.10. The summed E-state index contributed by atoms with van der Waals surface area (Å²) in [6.07, 6.45) is 0. The van der Waals surface area contributed by atoms with Crippen LogP contribution in [0, 0.1) is 27.7 Å². The van der Waals surface area contributed by atoms with E-state index in [0.29, 0.717) is 33.2 Å². The molecule has 214 valence electrons. The van der Waals surface area contributed by atoms with Gasteiger partial charge in [0.15, 0.2) is 0 Å². The number of nitrogens with zero attached hydrogens (tertiary/aromatic N) is 1. The molecule has 8 nitrogen and oxygen atoms in total. The lowest BCUT2D eigenvalue weighted by molar-refractivity contribution is -0.114. The molecule has 4 aromatic rings. The van der Waals surface area contributed by atoms with Crippen molar-refractivity contribution in [3.05, 3.63) is 112 Å². The minimum atomic E-state index is -4.08. The fourth-order valence-corrected chi connectivity index (χ4v) is 6.98. The number of rotatable bonds is 9. The molecule has 0 saturated carbocycles. The third-order valence-corrected chi connectivity index (χ3v) is 10.0. The Labute approximate surface area is 246 Å². The van der Waals surface area contributed by atoms with Gasteiger partial charge in [-0.1, -0.05) is 53.1 Å². The van der Waals surface area contributed by atoms with Gasteiger partial charge < -0.3 is 5.32 Å². The van der Waals surface area contributed by atoms with Gasteiger partial charge in [0.2, 0.25) is 5.91 Å². The molecule has 0 unspecified atom stereocenters. The molecular weight excluding hydrogens is 582 g/mol. The van der Waals surface area contributed by atoms with E-state index >= 15 is 0 Å².